The van der Waals surface area contributed by atoms with Crippen molar-refractivity contribution in [1.29, 1.82) is 0 Å². The predicted octanol–water partition coefficient (Wildman–Crippen LogP) is 2.31. The van der Waals surface area contributed by atoms with Crippen LogP contribution in [0.4, 0.5) is 13.2 Å². The van der Waals surface area contributed by atoms with Crippen molar-refractivity contribution >= 4 is 11.9 Å². The van der Waals surface area contributed by atoms with Gasteiger partial charge in [0.15, 0.2) is 5.96 Å². The molecule has 0 aliphatic heterocycles. The molecule has 0 fully saturated rings. The van der Waals surface area contributed by atoms with Crippen LogP contribution in [0.3, 0.4) is 0 Å². The molecule has 0 saturated carbocycles. The largest absolute Gasteiger partial charge is 0.390 e. The summed E-state index contributed by atoms with van der Waals surface area (Å²) in [5.74, 6) is 0.186. The fraction of sp³-hybridized carbons (Fsp3) is 0.500. The number of hydrogen-bond acceptors (Lipinski definition) is 2. The number of nitrogens with one attached hydrogen (secondary N) is 3. The van der Waals surface area contributed by atoms with Crippen LogP contribution >= 0.6 is 0 Å². The molecular formula is C16H23F3N4O. The highest BCUT2D eigenvalue weighted by molar-refractivity contribution is 5.94. The fourth-order valence-electron chi connectivity index (χ4n) is 1.83. The van der Waals surface area contributed by atoms with Gasteiger partial charge >= 0.3 is 6.18 Å². The third-order valence-electron chi connectivity index (χ3n) is 2.97. The van der Waals surface area contributed by atoms with Crippen molar-refractivity contribution in [3.63, 3.8) is 0 Å². The Balaban J connectivity index is 2.27. The van der Waals surface area contributed by atoms with Crippen LogP contribution < -0.4 is 16.0 Å². The Hall–Kier alpha value is -2.25. The second-order valence-electron chi connectivity index (χ2n) is 5.03. The van der Waals surface area contributed by atoms with Gasteiger partial charge in [-0.25, -0.2) is 0 Å². The van der Waals surface area contributed by atoms with Crippen molar-refractivity contribution in [1.82, 2.24) is 16.0 Å². The summed E-state index contributed by atoms with van der Waals surface area (Å²) in [4.78, 5) is 16.0. The Kier molecular flexibility index (Phi) is 8.67. The molecule has 0 saturated heterocycles. The molecule has 0 bridgehead atoms. The van der Waals surface area contributed by atoms with Gasteiger partial charge in [0.1, 0.15) is 0 Å². The van der Waals surface area contributed by atoms with Crippen molar-refractivity contribution in [2.75, 3.05) is 26.2 Å². The van der Waals surface area contributed by atoms with E-state index in [-0.39, 0.29) is 12.5 Å². The maximum Gasteiger partial charge on any atom is 0.390 e. The molecule has 134 valence electrons. The molecule has 24 heavy (non-hydrogen) atoms. The number of nitrogens with zero attached hydrogens (tertiary/aromatic N) is 1. The summed E-state index contributed by atoms with van der Waals surface area (Å²) in [5.41, 5.74) is 0.586. The maximum atomic E-state index is 12.1. The zero-order valence-electron chi connectivity index (χ0n) is 13.6. The molecule has 0 aliphatic carbocycles. The van der Waals surface area contributed by atoms with E-state index in [0.717, 1.165) is 0 Å². The van der Waals surface area contributed by atoms with E-state index in [1.54, 1.807) is 24.3 Å². The number of rotatable bonds is 8. The number of benzene rings is 1. The summed E-state index contributed by atoms with van der Waals surface area (Å²) in [5, 5.41) is 8.28. The topological polar surface area (TPSA) is 65.5 Å². The molecular weight excluding hydrogens is 321 g/mol. The lowest BCUT2D eigenvalue weighted by molar-refractivity contribution is -0.132. The molecule has 0 radical (unpaired) electrons. The van der Waals surface area contributed by atoms with Gasteiger partial charge in [0.05, 0.1) is 6.42 Å². The van der Waals surface area contributed by atoms with Gasteiger partial charge in [0.2, 0.25) is 0 Å². The van der Waals surface area contributed by atoms with Gasteiger partial charge in [-0.1, -0.05) is 18.2 Å². The van der Waals surface area contributed by atoms with Crippen LogP contribution in [0.25, 0.3) is 0 Å². The number of aliphatic imine (C=N–C) groups is 1. The van der Waals surface area contributed by atoms with E-state index in [1.165, 1.54) is 0 Å². The van der Waals surface area contributed by atoms with E-state index in [9.17, 15) is 18.0 Å². The molecule has 5 nitrogen and oxygen atoms in total. The van der Waals surface area contributed by atoms with Gasteiger partial charge < -0.3 is 16.0 Å². The highest BCUT2D eigenvalue weighted by Gasteiger charge is 2.26. The zero-order valence-corrected chi connectivity index (χ0v) is 13.6. The smallest absolute Gasteiger partial charge is 0.357 e. The number of carbonyl (C=O) groups is 1. The predicted molar refractivity (Wildman–Crippen MR) is 88.0 cm³/mol. The number of carbonyl (C=O) groups excluding carboxylic acids is 1. The van der Waals surface area contributed by atoms with Crippen LogP contribution in [-0.4, -0.2) is 44.2 Å². The first-order valence-corrected chi connectivity index (χ1v) is 7.84. The van der Waals surface area contributed by atoms with Gasteiger partial charge in [0, 0.05) is 31.7 Å². The minimum atomic E-state index is -4.19. The molecule has 1 rings (SSSR count). The number of halogens is 3. The third kappa shape index (κ3) is 9.02. The molecule has 0 unspecified atom stereocenters. The van der Waals surface area contributed by atoms with Crippen LogP contribution in [0.2, 0.25) is 0 Å². The highest BCUT2D eigenvalue weighted by atomic mass is 19.4. The van der Waals surface area contributed by atoms with E-state index in [4.69, 9.17) is 0 Å². The Morgan fingerprint density at radius 3 is 2.42 bits per heavy atom. The Labute approximate surface area is 139 Å². The van der Waals surface area contributed by atoms with E-state index < -0.39 is 12.6 Å². The number of guanidine groups is 1. The minimum Gasteiger partial charge on any atom is -0.357 e. The first-order chi connectivity index (χ1) is 11.4. The molecule has 0 aromatic heterocycles. The highest BCUT2D eigenvalue weighted by Crippen LogP contribution is 2.17. The Morgan fingerprint density at radius 1 is 1.08 bits per heavy atom. The molecule has 0 spiro atoms. The van der Waals surface area contributed by atoms with Crippen LogP contribution in [0.5, 0.6) is 0 Å². The van der Waals surface area contributed by atoms with E-state index >= 15 is 0 Å². The molecule has 0 atom stereocenters. The van der Waals surface area contributed by atoms with Gasteiger partial charge in [0.25, 0.3) is 5.91 Å². The average molecular weight is 344 g/mol. The lowest BCUT2D eigenvalue weighted by Gasteiger charge is -2.12. The van der Waals surface area contributed by atoms with Crippen molar-refractivity contribution in [2.24, 2.45) is 4.99 Å². The molecule has 3 N–H and O–H groups in total. The monoisotopic (exact) mass is 344 g/mol. The lowest BCUT2D eigenvalue weighted by atomic mass is 10.2. The van der Waals surface area contributed by atoms with Crippen molar-refractivity contribution in [2.45, 2.75) is 25.9 Å². The third-order valence-corrected chi connectivity index (χ3v) is 2.97. The van der Waals surface area contributed by atoms with Gasteiger partial charge in [-0.15, -0.1) is 0 Å². The van der Waals surface area contributed by atoms with Crippen LogP contribution in [0.15, 0.2) is 35.3 Å². The summed E-state index contributed by atoms with van der Waals surface area (Å²) < 4.78 is 36.4. The maximum absolute atomic E-state index is 12.1. The zero-order chi connectivity index (χ0) is 17.8. The van der Waals surface area contributed by atoms with Crippen LogP contribution in [0, 0.1) is 0 Å². The summed E-state index contributed by atoms with van der Waals surface area (Å²) in [6, 6.07) is 8.85. The second kappa shape index (κ2) is 10.5. The van der Waals surface area contributed by atoms with Gasteiger partial charge in [-0.3, -0.25) is 9.79 Å². The number of alkyl halides is 3. The molecule has 0 heterocycles. The minimum absolute atomic E-state index is 0.158. The van der Waals surface area contributed by atoms with Crippen molar-refractivity contribution in [3.8, 4) is 0 Å². The number of amides is 1. The fourth-order valence-corrected chi connectivity index (χ4v) is 1.83. The summed E-state index contributed by atoms with van der Waals surface area (Å²) in [6.45, 7) is 3.01. The second-order valence-corrected chi connectivity index (χ2v) is 5.03. The van der Waals surface area contributed by atoms with Crippen LogP contribution in [0.1, 0.15) is 30.1 Å². The molecule has 0 aliphatic rings. The van der Waals surface area contributed by atoms with Gasteiger partial charge in [-0.2, -0.15) is 13.2 Å². The van der Waals surface area contributed by atoms with Gasteiger partial charge in [-0.05, 0) is 25.5 Å². The summed E-state index contributed by atoms with van der Waals surface area (Å²) in [7, 11) is 0. The normalized spacial score (nSPS) is 11.9. The lowest BCUT2D eigenvalue weighted by Crippen LogP contribution is -2.39. The first-order valence-electron chi connectivity index (χ1n) is 7.84. The average Bonchev–Trinajstić information content (AvgIpc) is 2.54. The summed E-state index contributed by atoms with van der Waals surface area (Å²) in [6.07, 6.45) is -4.51. The standard InChI is InChI=1S/C16H23F3N4O/c1-2-20-15(23-12-9-16(17,18)19)22-11-6-10-21-14(24)13-7-4-3-5-8-13/h3-5,7-8H,2,6,9-12H2,1H3,(H,21,24)(H2,20,22,23). The molecule has 8 heteroatoms. The molecule has 1 aromatic rings. The van der Waals surface area contributed by atoms with Crippen LogP contribution in [-0.2, 0) is 0 Å². The Morgan fingerprint density at radius 2 is 1.79 bits per heavy atom. The SMILES string of the molecule is CCNC(=NCCCNC(=O)c1ccccc1)NCCC(F)(F)F. The van der Waals surface area contributed by atoms with E-state index in [2.05, 4.69) is 20.9 Å². The van der Waals surface area contributed by atoms with E-state index in [1.807, 2.05) is 13.0 Å². The first kappa shape index (κ1) is 19.8. The Bertz CT molecular complexity index is 518. The number of hydrogen-bond donors (Lipinski definition) is 3. The molecule has 1 aromatic carbocycles. The van der Waals surface area contributed by atoms with E-state index in [0.29, 0.717) is 37.6 Å². The quantitative estimate of drug-likeness (QED) is 0.385. The van der Waals surface area contributed by atoms with Crippen molar-refractivity contribution < 1.29 is 18.0 Å². The molecule has 1 amide bonds. The van der Waals surface area contributed by atoms with Crippen molar-refractivity contribution in [3.05, 3.63) is 35.9 Å². The summed E-state index contributed by atoms with van der Waals surface area (Å²) >= 11 is 0.